The molecular weight excluding hydrogens is 469 g/mol. The van der Waals surface area contributed by atoms with Crippen molar-refractivity contribution in [3.63, 3.8) is 0 Å². The van der Waals surface area contributed by atoms with Gasteiger partial charge in [-0.05, 0) is 39.3 Å². The van der Waals surface area contributed by atoms with Crippen molar-refractivity contribution in [1.29, 1.82) is 0 Å². The Morgan fingerprint density at radius 2 is 1.76 bits per heavy atom. The van der Waals surface area contributed by atoms with Crippen molar-refractivity contribution < 1.29 is 36.3 Å². The standard InChI is InChI=1S/C19H21BF6N6O2/c1-16(2,3)34-32-15-30-13(10-4-6-17(22,23)18(20,33)12(10)21)29-14(31-15)28-9-5-7-27-11(8-9)19(24,25)26/h5,7-8,33H,4,6,20H2,1-3H3,(H2,27,28,29,30,31,32)/t18-/m0/s1. The van der Waals surface area contributed by atoms with Gasteiger partial charge in [-0.3, -0.25) is 9.82 Å². The number of nitrogens with one attached hydrogen (secondary N) is 2. The van der Waals surface area contributed by atoms with E-state index in [1.165, 1.54) is 6.07 Å². The molecule has 0 bridgehead atoms. The van der Waals surface area contributed by atoms with Crippen molar-refractivity contribution in [1.82, 2.24) is 19.9 Å². The Hall–Kier alpha value is -2.94. The third-order valence-electron chi connectivity index (χ3n) is 4.75. The fraction of sp³-hybridized carbons (Fsp3) is 0.474. The Kier molecular flexibility index (Phi) is 6.56. The normalized spacial score (nSPS) is 20.9. The molecule has 34 heavy (non-hydrogen) atoms. The van der Waals surface area contributed by atoms with Crippen LogP contribution in [0.15, 0.2) is 24.2 Å². The molecule has 1 aliphatic rings. The van der Waals surface area contributed by atoms with Gasteiger partial charge in [-0.1, -0.05) is 0 Å². The van der Waals surface area contributed by atoms with Crippen LogP contribution < -0.4 is 10.8 Å². The van der Waals surface area contributed by atoms with Crippen LogP contribution in [0.1, 0.15) is 45.1 Å². The number of aliphatic hydroxyl groups is 1. The third-order valence-corrected chi connectivity index (χ3v) is 4.75. The largest absolute Gasteiger partial charge is 0.433 e. The van der Waals surface area contributed by atoms with Gasteiger partial charge in [0.2, 0.25) is 5.95 Å². The quantitative estimate of drug-likeness (QED) is 0.332. The van der Waals surface area contributed by atoms with Gasteiger partial charge in [0.1, 0.15) is 17.0 Å². The summed E-state index contributed by atoms with van der Waals surface area (Å²) in [5, 5.41) is 12.6. The van der Waals surface area contributed by atoms with Gasteiger partial charge in [0.15, 0.2) is 13.7 Å². The van der Waals surface area contributed by atoms with Crippen molar-refractivity contribution in [2.75, 3.05) is 10.8 Å². The van der Waals surface area contributed by atoms with E-state index in [2.05, 4.69) is 30.7 Å². The number of rotatable bonds is 5. The van der Waals surface area contributed by atoms with E-state index in [9.17, 15) is 31.4 Å². The van der Waals surface area contributed by atoms with Crippen molar-refractivity contribution >= 4 is 31.0 Å². The molecule has 0 saturated heterocycles. The van der Waals surface area contributed by atoms with Crippen LogP contribution in [0.25, 0.3) is 5.57 Å². The highest BCUT2D eigenvalue weighted by Crippen LogP contribution is 2.46. The molecule has 0 aromatic carbocycles. The van der Waals surface area contributed by atoms with Crippen LogP contribution in [0.3, 0.4) is 0 Å². The van der Waals surface area contributed by atoms with E-state index in [1.807, 2.05) is 0 Å². The van der Waals surface area contributed by atoms with Crippen LogP contribution in [0.4, 0.5) is 43.9 Å². The predicted molar refractivity (Wildman–Crippen MR) is 113 cm³/mol. The van der Waals surface area contributed by atoms with Gasteiger partial charge < -0.3 is 10.4 Å². The van der Waals surface area contributed by atoms with Crippen LogP contribution in [0.2, 0.25) is 0 Å². The first kappa shape index (κ1) is 25.7. The number of allylic oxidation sites excluding steroid dienone is 1. The SMILES string of the molecule is B[C@]1(O)C(F)=C(c2nc(NOC(C)(C)C)nc(Nc3ccnc(C(F)(F)F)c3)n2)CCC1(F)F. The number of anilines is 3. The van der Waals surface area contributed by atoms with E-state index in [0.717, 1.165) is 6.20 Å². The maximum absolute atomic E-state index is 14.9. The molecule has 0 saturated carbocycles. The monoisotopic (exact) mass is 490 g/mol. The number of alkyl halides is 5. The summed E-state index contributed by atoms with van der Waals surface area (Å²) in [6, 6.07) is 1.91. The fourth-order valence-electron chi connectivity index (χ4n) is 2.90. The molecule has 0 unspecified atom stereocenters. The smallest absolute Gasteiger partial charge is 0.386 e. The van der Waals surface area contributed by atoms with Crippen LogP contribution in [0.5, 0.6) is 0 Å². The zero-order valence-electron chi connectivity index (χ0n) is 18.6. The fourth-order valence-corrected chi connectivity index (χ4v) is 2.90. The molecule has 184 valence electrons. The van der Waals surface area contributed by atoms with E-state index in [4.69, 9.17) is 4.84 Å². The highest BCUT2D eigenvalue weighted by Gasteiger charge is 2.55. The van der Waals surface area contributed by atoms with Crippen molar-refractivity contribution in [3.8, 4) is 0 Å². The molecule has 2 aromatic heterocycles. The second-order valence-corrected chi connectivity index (χ2v) is 8.74. The average molecular weight is 490 g/mol. The van der Waals surface area contributed by atoms with Crippen LogP contribution >= 0.6 is 0 Å². The second kappa shape index (κ2) is 8.69. The number of hydrogen-bond acceptors (Lipinski definition) is 8. The summed E-state index contributed by atoms with van der Waals surface area (Å²) >= 11 is 0. The molecule has 0 spiro atoms. The maximum atomic E-state index is 14.9. The van der Waals surface area contributed by atoms with Gasteiger partial charge in [-0.2, -0.15) is 28.1 Å². The summed E-state index contributed by atoms with van der Waals surface area (Å²) in [4.78, 5) is 20.5. The van der Waals surface area contributed by atoms with Gasteiger partial charge in [0.25, 0.3) is 11.9 Å². The van der Waals surface area contributed by atoms with Crippen LogP contribution in [0, 0.1) is 0 Å². The first-order valence-electron chi connectivity index (χ1n) is 10.00. The van der Waals surface area contributed by atoms with E-state index in [-0.39, 0.29) is 17.6 Å². The first-order chi connectivity index (χ1) is 15.5. The Balaban J connectivity index is 2.05. The lowest BCUT2D eigenvalue weighted by molar-refractivity contribution is -0.141. The Labute approximate surface area is 191 Å². The van der Waals surface area contributed by atoms with Crippen LogP contribution in [-0.4, -0.2) is 49.9 Å². The molecule has 0 radical (unpaired) electrons. The maximum Gasteiger partial charge on any atom is 0.433 e. The van der Waals surface area contributed by atoms with Crippen molar-refractivity contribution in [3.05, 3.63) is 35.7 Å². The Morgan fingerprint density at radius 1 is 1.12 bits per heavy atom. The Morgan fingerprint density at radius 3 is 2.38 bits per heavy atom. The Bertz CT molecular complexity index is 1100. The molecule has 3 rings (SSSR count). The van der Waals surface area contributed by atoms with Gasteiger partial charge in [0, 0.05) is 23.9 Å². The molecule has 8 nitrogen and oxygen atoms in total. The molecule has 1 atom stereocenters. The summed E-state index contributed by atoms with van der Waals surface area (Å²) in [6.45, 7) is 5.08. The summed E-state index contributed by atoms with van der Waals surface area (Å²) < 4.78 is 81.9. The van der Waals surface area contributed by atoms with Gasteiger partial charge in [-0.25, -0.2) is 18.7 Å². The van der Waals surface area contributed by atoms with Crippen molar-refractivity contribution in [2.45, 2.75) is 56.8 Å². The molecule has 1 aliphatic carbocycles. The predicted octanol–water partition coefficient (Wildman–Crippen LogP) is 3.60. The van der Waals surface area contributed by atoms with Crippen molar-refractivity contribution in [2.24, 2.45) is 0 Å². The molecular formula is C19H21BF6N6O2. The van der Waals surface area contributed by atoms with E-state index in [1.54, 1.807) is 20.8 Å². The molecule has 0 fully saturated rings. The highest BCUT2D eigenvalue weighted by atomic mass is 19.4. The lowest BCUT2D eigenvalue weighted by atomic mass is 9.68. The molecule has 15 heteroatoms. The summed E-state index contributed by atoms with van der Waals surface area (Å²) in [5.74, 6) is -6.26. The highest BCUT2D eigenvalue weighted by molar-refractivity contribution is 6.18. The molecule has 3 N–H and O–H groups in total. The summed E-state index contributed by atoms with van der Waals surface area (Å²) in [5.41, 5.74) is -3.07. The molecule has 2 heterocycles. The van der Waals surface area contributed by atoms with E-state index in [0.29, 0.717) is 13.9 Å². The lowest BCUT2D eigenvalue weighted by Crippen LogP contribution is -2.51. The second-order valence-electron chi connectivity index (χ2n) is 8.74. The number of hydrogen-bond donors (Lipinski definition) is 3. The minimum absolute atomic E-state index is 0.0983. The number of aromatic nitrogens is 4. The zero-order chi connectivity index (χ0) is 25.5. The minimum atomic E-state index is -4.71. The minimum Gasteiger partial charge on any atom is -0.386 e. The summed E-state index contributed by atoms with van der Waals surface area (Å²) in [6.07, 6.45) is -5.18. The van der Waals surface area contributed by atoms with Gasteiger partial charge in [0.05, 0.1) is 5.60 Å². The number of pyridine rings is 1. The van der Waals surface area contributed by atoms with Gasteiger partial charge >= 0.3 is 6.18 Å². The molecule has 0 aliphatic heterocycles. The lowest BCUT2D eigenvalue weighted by Gasteiger charge is -2.36. The average Bonchev–Trinajstić information content (AvgIpc) is 2.70. The first-order valence-corrected chi connectivity index (χ1v) is 10.00. The third kappa shape index (κ3) is 5.58. The topological polar surface area (TPSA) is 105 Å². The zero-order valence-corrected chi connectivity index (χ0v) is 18.6. The molecule has 0 amide bonds. The van der Waals surface area contributed by atoms with E-state index < -0.39 is 59.0 Å². The van der Waals surface area contributed by atoms with E-state index >= 15 is 0 Å². The number of nitrogens with zero attached hydrogens (tertiary/aromatic N) is 4. The molecule has 2 aromatic rings. The summed E-state index contributed by atoms with van der Waals surface area (Å²) in [7, 11) is 0.638. The van der Waals surface area contributed by atoms with Crippen LogP contribution in [-0.2, 0) is 11.0 Å². The van der Waals surface area contributed by atoms with Gasteiger partial charge in [-0.15, -0.1) is 0 Å². The number of halogens is 6.